The lowest BCUT2D eigenvalue weighted by Crippen LogP contribution is -2.49. The number of piperazine rings is 1. The zero-order valence-electron chi connectivity index (χ0n) is 19.6. The van der Waals surface area contributed by atoms with Gasteiger partial charge in [0.25, 0.3) is 5.56 Å². The number of fused-ring (bicyclic) bond motifs is 1. The van der Waals surface area contributed by atoms with Crippen LogP contribution in [0.4, 0.5) is 0 Å². The maximum Gasteiger partial charge on any atom is 0.253 e. The standard InChI is InChI=1S/C23H33N7O2/c1-6-28-10-12-29(13-11-28)20(21-25-26-27-30(21)23(3,4)5)18-15-16-14-17(32-7-2)8-9-19(16)24-22(18)31/h8-9,14-15,20H,6-7,10-13H2,1-5H3,(H,24,31)/t20-/m0/s1. The molecule has 0 unspecified atom stereocenters. The SMILES string of the molecule is CCOc1ccc2[nH]c(=O)c([C@@H](c3nnnn3C(C)(C)C)N3CCN(CC)CC3)cc2c1. The van der Waals surface area contributed by atoms with Crippen LogP contribution in [-0.2, 0) is 5.54 Å². The third-order valence-electron chi connectivity index (χ3n) is 6.04. The molecule has 1 aliphatic heterocycles. The Bertz CT molecular complexity index is 1120. The van der Waals surface area contributed by atoms with E-state index in [2.05, 4.69) is 58.0 Å². The van der Waals surface area contributed by atoms with Crippen molar-refractivity contribution >= 4 is 10.9 Å². The van der Waals surface area contributed by atoms with Gasteiger partial charge in [0.15, 0.2) is 5.82 Å². The smallest absolute Gasteiger partial charge is 0.253 e. The highest BCUT2D eigenvalue weighted by Crippen LogP contribution is 2.30. The van der Waals surface area contributed by atoms with Crippen LogP contribution in [0.3, 0.4) is 0 Å². The second-order valence-corrected chi connectivity index (χ2v) is 9.23. The predicted octanol–water partition coefficient (Wildman–Crippen LogP) is 2.40. The Balaban J connectivity index is 1.85. The molecular weight excluding hydrogens is 406 g/mol. The summed E-state index contributed by atoms with van der Waals surface area (Å²) in [5.41, 5.74) is 1.00. The van der Waals surface area contributed by atoms with Crippen molar-refractivity contribution in [3.05, 3.63) is 46.0 Å². The number of pyridine rings is 1. The molecule has 1 N–H and O–H groups in total. The molecule has 0 radical (unpaired) electrons. The van der Waals surface area contributed by atoms with Gasteiger partial charge in [-0.05, 0) is 68.9 Å². The zero-order chi connectivity index (χ0) is 22.9. The van der Waals surface area contributed by atoms with Crippen molar-refractivity contribution in [2.24, 2.45) is 0 Å². The van der Waals surface area contributed by atoms with Crippen molar-refractivity contribution in [1.29, 1.82) is 0 Å². The fourth-order valence-corrected chi connectivity index (χ4v) is 4.34. The average molecular weight is 440 g/mol. The summed E-state index contributed by atoms with van der Waals surface area (Å²) >= 11 is 0. The number of ether oxygens (including phenoxy) is 1. The molecule has 0 spiro atoms. The van der Waals surface area contributed by atoms with Crippen LogP contribution >= 0.6 is 0 Å². The molecule has 1 aromatic carbocycles. The molecule has 9 nitrogen and oxygen atoms in total. The van der Waals surface area contributed by atoms with E-state index in [9.17, 15) is 4.79 Å². The Kier molecular flexibility index (Phi) is 6.30. The number of hydrogen-bond donors (Lipinski definition) is 1. The molecule has 0 amide bonds. The molecule has 32 heavy (non-hydrogen) atoms. The van der Waals surface area contributed by atoms with Crippen molar-refractivity contribution in [2.45, 2.75) is 46.2 Å². The van der Waals surface area contributed by atoms with Gasteiger partial charge in [0.05, 0.1) is 12.1 Å². The van der Waals surface area contributed by atoms with Crippen molar-refractivity contribution in [1.82, 2.24) is 35.0 Å². The molecule has 1 aliphatic rings. The fourth-order valence-electron chi connectivity index (χ4n) is 4.34. The van der Waals surface area contributed by atoms with Gasteiger partial charge >= 0.3 is 0 Å². The largest absolute Gasteiger partial charge is 0.494 e. The highest BCUT2D eigenvalue weighted by atomic mass is 16.5. The second kappa shape index (κ2) is 8.99. The Labute approximate surface area is 188 Å². The number of aromatic nitrogens is 5. The van der Waals surface area contributed by atoms with Crippen molar-refractivity contribution in [3.8, 4) is 5.75 Å². The number of H-pyrrole nitrogens is 1. The molecule has 1 saturated heterocycles. The van der Waals surface area contributed by atoms with Gasteiger partial charge < -0.3 is 14.6 Å². The van der Waals surface area contributed by atoms with E-state index in [1.54, 1.807) is 0 Å². The number of likely N-dealkylation sites (N-methyl/N-ethyl adjacent to an activating group) is 1. The van der Waals surface area contributed by atoms with Gasteiger partial charge in [-0.3, -0.25) is 9.69 Å². The van der Waals surface area contributed by atoms with Gasteiger partial charge in [0.1, 0.15) is 11.8 Å². The van der Waals surface area contributed by atoms with Crippen LogP contribution in [0, 0.1) is 0 Å². The van der Waals surface area contributed by atoms with Gasteiger partial charge in [-0.15, -0.1) is 5.10 Å². The number of nitrogens with one attached hydrogen (secondary N) is 1. The van der Waals surface area contributed by atoms with Crippen LogP contribution in [0.2, 0.25) is 0 Å². The van der Waals surface area contributed by atoms with Crippen LogP contribution in [0.5, 0.6) is 5.75 Å². The van der Waals surface area contributed by atoms with E-state index < -0.39 is 0 Å². The highest BCUT2D eigenvalue weighted by Gasteiger charge is 2.34. The van der Waals surface area contributed by atoms with Gasteiger partial charge in [0.2, 0.25) is 0 Å². The molecule has 4 rings (SSSR count). The normalized spacial score (nSPS) is 17.0. The van der Waals surface area contributed by atoms with Crippen molar-refractivity contribution in [2.75, 3.05) is 39.3 Å². The minimum Gasteiger partial charge on any atom is -0.494 e. The van der Waals surface area contributed by atoms with Crippen LogP contribution in [0.25, 0.3) is 10.9 Å². The summed E-state index contributed by atoms with van der Waals surface area (Å²) in [6.45, 7) is 15.5. The number of nitrogens with zero attached hydrogens (tertiary/aromatic N) is 6. The molecule has 172 valence electrons. The molecule has 2 aromatic heterocycles. The molecule has 3 heterocycles. The van der Waals surface area contributed by atoms with Gasteiger partial charge in [-0.1, -0.05) is 6.92 Å². The maximum absolute atomic E-state index is 13.3. The van der Waals surface area contributed by atoms with Crippen LogP contribution in [0.15, 0.2) is 29.1 Å². The van der Waals surface area contributed by atoms with Crippen molar-refractivity contribution in [3.63, 3.8) is 0 Å². The van der Waals surface area contributed by atoms with E-state index >= 15 is 0 Å². The van der Waals surface area contributed by atoms with E-state index in [1.165, 1.54) is 0 Å². The Morgan fingerprint density at radius 1 is 1.12 bits per heavy atom. The summed E-state index contributed by atoms with van der Waals surface area (Å²) in [5.74, 6) is 1.47. The lowest BCUT2D eigenvalue weighted by Gasteiger charge is -2.39. The van der Waals surface area contributed by atoms with Crippen LogP contribution in [-0.4, -0.2) is 74.3 Å². The summed E-state index contributed by atoms with van der Waals surface area (Å²) < 4.78 is 7.51. The van der Waals surface area contributed by atoms with Crippen LogP contribution in [0.1, 0.15) is 52.0 Å². The highest BCUT2D eigenvalue weighted by molar-refractivity contribution is 5.80. The van der Waals surface area contributed by atoms with E-state index in [0.29, 0.717) is 18.0 Å². The van der Waals surface area contributed by atoms with Crippen LogP contribution < -0.4 is 10.3 Å². The van der Waals surface area contributed by atoms with Gasteiger partial charge in [-0.2, -0.15) is 0 Å². The molecule has 9 heteroatoms. The second-order valence-electron chi connectivity index (χ2n) is 9.23. The van der Waals surface area contributed by atoms with E-state index in [0.717, 1.165) is 49.4 Å². The van der Waals surface area contributed by atoms with E-state index in [4.69, 9.17) is 4.74 Å². The third kappa shape index (κ3) is 4.40. The number of tetrazole rings is 1. The molecule has 0 saturated carbocycles. The van der Waals surface area contributed by atoms with Gasteiger partial charge in [0, 0.05) is 42.6 Å². The Morgan fingerprint density at radius 2 is 1.88 bits per heavy atom. The zero-order valence-corrected chi connectivity index (χ0v) is 19.6. The first-order valence-electron chi connectivity index (χ1n) is 11.4. The number of aromatic amines is 1. The first kappa shape index (κ1) is 22.4. The lowest BCUT2D eigenvalue weighted by molar-refractivity contribution is 0.105. The minimum atomic E-state index is -0.341. The predicted molar refractivity (Wildman–Crippen MR) is 124 cm³/mol. The maximum atomic E-state index is 13.3. The lowest BCUT2D eigenvalue weighted by atomic mass is 10.0. The Hall–Kier alpha value is -2.78. The van der Waals surface area contributed by atoms with E-state index in [-0.39, 0.29) is 17.1 Å². The summed E-state index contributed by atoms with van der Waals surface area (Å²) in [5, 5.41) is 13.6. The first-order valence-corrected chi connectivity index (χ1v) is 11.4. The minimum absolute atomic E-state index is 0.118. The summed E-state index contributed by atoms with van der Waals surface area (Å²) in [4.78, 5) is 21.1. The first-order chi connectivity index (χ1) is 15.3. The monoisotopic (exact) mass is 439 g/mol. The molecule has 0 bridgehead atoms. The topological polar surface area (TPSA) is 92.2 Å². The molecule has 1 fully saturated rings. The fraction of sp³-hybridized carbons (Fsp3) is 0.565. The number of hydrogen-bond acceptors (Lipinski definition) is 7. The number of rotatable bonds is 6. The third-order valence-corrected chi connectivity index (χ3v) is 6.04. The molecule has 3 aromatic rings. The Morgan fingerprint density at radius 3 is 2.53 bits per heavy atom. The summed E-state index contributed by atoms with van der Waals surface area (Å²) in [6, 6.07) is 7.36. The quantitative estimate of drug-likeness (QED) is 0.630. The van der Waals surface area contributed by atoms with Crippen molar-refractivity contribution < 1.29 is 4.74 Å². The summed E-state index contributed by atoms with van der Waals surface area (Å²) in [6.07, 6.45) is 0. The molecule has 1 atom stereocenters. The number of benzene rings is 1. The average Bonchev–Trinajstić information content (AvgIpc) is 3.25. The molecule has 0 aliphatic carbocycles. The molecular formula is C23H33N7O2. The van der Waals surface area contributed by atoms with E-state index in [1.807, 2.05) is 35.9 Å². The van der Waals surface area contributed by atoms with Gasteiger partial charge in [-0.25, -0.2) is 4.68 Å². The summed E-state index contributed by atoms with van der Waals surface area (Å²) in [7, 11) is 0.